The summed E-state index contributed by atoms with van der Waals surface area (Å²) >= 11 is 0. The summed E-state index contributed by atoms with van der Waals surface area (Å²) in [7, 11) is 0. The van der Waals surface area contributed by atoms with Crippen molar-refractivity contribution in [3.8, 4) is 0 Å². The highest BCUT2D eigenvalue weighted by molar-refractivity contribution is 4.60. The topological polar surface area (TPSA) is 0 Å². The van der Waals surface area contributed by atoms with Crippen molar-refractivity contribution in [2.45, 2.75) is 187 Å². The summed E-state index contributed by atoms with van der Waals surface area (Å²) in [5.74, 6) is 0.965. The summed E-state index contributed by atoms with van der Waals surface area (Å²) in [6.45, 7) is 8.68. The van der Waals surface area contributed by atoms with Gasteiger partial charge in [-0.1, -0.05) is 194 Å². The molecule has 0 amide bonds. The average Bonchev–Trinajstić information content (AvgIpc) is 2.77. The first-order valence-electron chi connectivity index (χ1n) is 15.1. The molecule has 0 aliphatic heterocycles. The highest BCUT2D eigenvalue weighted by atomic mass is 14.1. The third-order valence-electron chi connectivity index (χ3n) is 7.28. The van der Waals surface area contributed by atoms with Crippen LogP contribution in [-0.2, 0) is 0 Å². The molecule has 0 saturated heterocycles. The zero-order chi connectivity index (χ0) is 22.7. The first-order valence-corrected chi connectivity index (χ1v) is 15.1. The summed E-state index contributed by atoms with van der Waals surface area (Å²) < 4.78 is 0. The van der Waals surface area contributed by atoms with Gasteiger partial charge in [0.1, 0.15) is 0 Å². The van der Waals surface area contributed by atoms with Crippen molar-refractivity contribution in [1.82, 2.24) is 0 Å². The van der Waals surface area contributed by atoms with E-state index in [9.17, 15) is 0 Å². The predicted molar refractivity (Wildman–Crippen MR) is 145 cm³/mol. The second-order valence-corrected chi connectivity index (χ2v) is 10.5. The highest BCUT2D eigenvalue weighted by Gasteiger charge is 2.05. The molecule has 0 aromatic heterocycles. The van der Waals surface area contributed by atoms with E-state index in [-0.39, 0.29) is 0 Å². The standard InChI is InChI=1S/C31H63/c1-4-7-8-9-10-11-12-13-14-15-16-17-18-19-20-21-22-23-24-25-26-27-30-31(28-5-2)29-6-3/h31H,2,4-30H2,1,3H3. The molecule has 0 saturated carbocycles. The van der Waals surface area contributed by atoms with Gasteiger partial charge in [-0.3, -0.25) is 0 Å². The minimum Gasteiger partial charge on any atom is -0.0654 e. The van der Waals surface area contributed by atoms with Crippen LogP contribution in [0.5, 0.6) is 0 Å². The van der Waals surface area contributed by atoms with Gasteiger partial charge in [0, 0.05) is 0 Å². The van der Waals surface area contributed by atoms with Crippen molar-refractivity contribution in [3.63, 3.8) is 0 Å². The van der Waals surface area contributed by atoms with E-state index >= 15 is 0 Å². The van der Waals surface area contributed by atoms with Crippen LogP contribution in [-0.4, -0.2) is 0 Å². The van der Waals surface area contributed by atoms with Gasteiger partial charge in [-0.15, -0.1) is 0 Å². The lowest BCUT2D eigenvalue weighted by atomic mass is 9.92. The summed E-state index contributed by atoms with van der Waals surface area (Å²) in [5.41, 5.74) is 0. The molecule has 0 aromatic rings. The van der Waals surface area contributed by atoms with Crippen LogP contribution in [0.25, 0.3) is 0 Å². The Kier molecular flexibility index (Phi) is 28.0. The molecular formula is C31H63. The van der Waals surface area contributed by atoms with E-state index in [1.165, 1.54) is 167 Å². The van der Waals surface area contributed by atoms with Crippen LogP contribution in [0.15, 0.2) is 0 Å². The third-order valence-corrected chi connectivity index (χ3v) is 7.28. The van der Waals surface area contributed by atoms with Gasteiger partial charge in [0.2, 0.25) is 0 Å². The molecule has 0 aliphatic carbocycles. The molecule has 0 nitrogen and oxygen atoms in total. The molecule has 0 spiro atoms. The van der Waals surface area contributed by atoms with Crippen molar-refractivity contribution in [2.24, 2.45) is 5.92 Å². The molecule has 1 atom stereocenters. The lowest BCUT2D eigenvalue weighted by molar-refractivity contribution is 0.396. The van der Waals surface area contributed by atoms with Gasteiger partial charge in [-0.25, -0.2) is 0 Å². The molecule has 1 radical (unpaired) electrons. The number of hydrogen-bond donors (Lipinski definition) is 0. The van der Waals surface area contributed by atoms with Crippen LogP contribution < -0.4 is 0 Å². The minimum atomic E-state index is 0.965. The molecule has 0 bridgehead atoms. The summed E-state index contributed by atoms with van der Waals surface area (Å²) in [6.07, 6.45) is 39.2. The first-order chi connectivity index (χ1) is 15.3. The van der Waals surface area contributed by atoms with E-state index in [4.69, 9.17) is 0 Å². The molecule has 0 heterocycles. The summed E-state index contributed by atoms with van der Waals surface area (Å²) in [5, 5.41) is 0. The van der Waals surface area contributed by atoms with E-state index < -0.39 is 0 Å². The zero-order valence-corrected chi connectivity index (χ0v) is 22.4. The van der Waals surface area contributed by atoms with Crippen LogP contribution in [0.2, 0.25) is 0 Å². The van der Waals surface area contributed by atoms with Gasteiger partial charge < -0.3 is 0 Å². The van der Waals surface area contributed by atoms with E-state index in [0.717, 1.165) is 12.3 Å². The Balaban J connectivity index is 3.11. The van der Waals surface area contributed by atoms with Crippen molar-refractivity contribution in [1.29, 1.82) is 0 Å². The Hall–Kier alpha value is 0. The van der Waals surface area contributed by atoms with Gasteiger partial charge in [-0.05, 0) is 5.92 Å². The number of rotatable bonds is 27. The van der Waals surface area contributed by atoms with Gasteiger partial charge in [-0.2, -0.15) is 0 Å². The number of unbranched alkanes of at least 4 members (excludes halogenated alkanes) is 21. The molecule has 0 aromatic carbocycles. The summed E-state index contributed by atoms with van der Waals surface area (Å²) in [4.78, 5) is 0. The van der Waals surface area contributed by atoms with E-state index in [2.05, 4.69) is 20.8 Å². The second-order valence-electron chi connectivity index (χ2n) is 10.5. The molecule has 0 N–H and O–H groups in total. The Labute approximate surface area is 200 Å². The van der Waals surface area contributed by atoms with Crippen molar-refractivity contribution in [2.75, 3.05) is 0 Å². The van der Waals surface area contributed by atoms with E-state index in [1.807, 2.05) is 0 Å². The van der Waals surface area contributed by atoms with Crippen LogP contribution in [0, 0.1) is 12.8 Å². The highest BCUT2D eigenvalue weighted by Crippen LogP contribution is 2.21. The average molecular weight is 436 g/mol. The monoisotopic (exact) mass is 435 g/mol. The minimum absolute atomic E-state index is 0.965. The van der Waals surface area contributed by atoms with E-state index in [0.29, 0.717) is 0 Å². The fraction of sp³-hybridized carbons (Fsp3) is 0.968. The van der Waals surface area contributed by atoms with Crippen LogP contribution >= 0.6 is 0 Å². The molecule has 0 aliphatic rings. The molecule has 0 heteroatoms. The Morgan fingerprint density at radius 1 is 0.355 bits per heavy atom. The number of hydrogen-bond acceptors (Lipinski definition) is 0. The first kappa shape index (κ1) is 31.0. The van der Waals surface area contributed by atoms with Gasteiger partial charge in [0.15, 0.2) is 0 Å². The largest absolute Gasteiger partial charge is 0.0654 e. The molecular weight excluding hydrogens is 372 g/mol. The van der Waals surface area contributed by atoms with Crippen LogP contribution in [0.1, 0.15) is 187 Å². The van der Waals surface area contributed by atoms with Gasteiger partial charge in [0.25, 0.3) is 0 Å². The smallest absolute Gasteiger partial charge is 0.0414 e. The molecule has 31 heavy (non-hydrogen) atoms. The second kappa shape index (κ2) is 28.0. The fourth-order valence-electron chi connectivity index (χ4n) is 5.17. The Morgan fingerprint density at radius 2 is 0.677 bits per heavy atom. The maximum Gasteiger partial charge on any atom is -0.0414 e. The lowest BCUT2D eigenvalue weighted by Crippen LogP contribution is -1.99. The maximum absolute atomic E-state index is 4.05. The van der Waals surface area contributed by atoms with Crippen LogP contribution in [0.3, 0.4) is 0 Å². The third kappa shape index (κ3) is 26.1. The van der Waals surface area contributed by atoms with Crippen LogP contribution in [0.4, 0.5) is 0 Å². The SMILES string of the molecule is [CH2]CCC(CCC)CCCCCCCCCCCCCCCCCCCCCCCC. The molecule has 1 unspecified atom stereocenters. The lowest BCUT2D eigenvalue weighted by Gasteiger charge is -2.14. The molecule has 0 fully saturated rings. The van der Waals surface area contributed by atoms with Crippen molar-refractivity contribution < 1.29 is 0 Å². The Morgan fingerprint density at radius 3 is 0.968 bits per heavy atom. The van der Waals surface area contributed by atoms with E-state index in [1.54, 1.807) is 0 Å². The van der Waals surface area contributed by atoms with Gasteiger partial charge in [0.05, 0.1) is 0 Å². The fourth-order valence-corrected chi connectivity index (χ4v) is 5.17. The Bertz CT molecular complexity index is 288. The van der Waals surface area contributed by atoms with Gasteiger partial charge >= 0.3 is 0 Å². The predicted octanol–water partition coefficient (Wildman–Crippen LogP) is 12.0. The quantitative estimate of drug-likeness (QED) is 0.112. The summed E-state index contributed by atoms with van der Waals surface area (Å²) in [6, 6.07) is 0. The molecule has 0 rings (SSSR count). The van der Waals surface area contributed by atoms with Crippen molar-refractivity contribution >= 4 is 0 Å². The zero-order valence-electron chi connectivity index (χ0n) is 22.4. The maximum atomic E-state index is 4.05. The van der Waals surface area contributed by atoms with Crippen molar-refractivity contribution in [3.05, 3.63) is 6.92 Å². The molecule has 187 valence electrons. The normalized spacial score (nSPS) is 11.6.